The number of ether oxygens (including phenoxy) is 1. The second-order valence-electron chi connectivity index (χ2n) is 8.25. The number of nitrogens with one attached hydrogen (secondary N) is 1. The summed E-state index contributed by atoms with van der Waals surface area (Å²) >= 11 is 0. The minimum absolute atomic E-state index is 0.0481. The van der Waals surface area contributed by atoms with E-state index in [-0.39, 0.29) is 12.7 Å². The van der Waals surface area contributed by atoms with Gasteiger partial charge in [0.2, 0.25) is 5.95 Å². The lowest BCUT2D eigenvalue weighted by Crippen LogP contribution is -2.52. The Balaban J connectivity index is 1.40. The van der Waals surface area contributed by atoms with E-state index in [1.807, 2.05) is 12.3 Å². The summed E-state index contributed by atoms with van der Waals surface area (Å²) in [6.45, 7) is 9.76. The summed E-state index contributed by atoms with van der Waals surface area (Å²) in [5.74, 6) is 0.513. The van der Waals surface area contributed by atoms with Crippen LogP contribution >= 0.6 is 0 Å². The van der Waals surface area contributed by atoms with Crippen LogP contribution in [0.2, 0.25) is 0 Å². The molecule has 0 bridgehead atoms. The first-order chi connectivity index (χ1) is 15.0. The van der Waals surface area contributed by atoms with E-state index in [2.05, 4.69) is 64.3 Å². The zero-order valence-corrected chi connectivity index (χ0v) is 18.3. The molecule has 8 nitrogen and oxygen atoms in total. The highest BCUT2D eigenvalue weighted by Crippen LogP contribution is 2.24. The number of aliphatic hydroxyl groups excluding tert-OH is 1. The van der Waals surface area contributed by atoms with E-state index in [0.717, 1.165) is 36.6 Å². The summed E-state index contributed by atoms with van der Waals surface area (Å²) < 4.78 is 7.52. The molecule has 164 valence electrons. The fourth-order valence-corrected chi connectivity index (χ4v) is 3.76. The predicted octanol–water partition coefficient (Wildman–Crippen LogP) is 2.99. The maximum absolute atomic E-state index is 9.02. The second kappa shape index (κ2) is 9.55. The molecule has 0 radical (unpaired) electrons. The van der Waals surface area contributed by atoms with Crippen LogP contribution < -0.4 is 5.32 Å². The molecular weight excluding hydrogens is 392 g/mol. The monoisotopic (exact) mass is 422 g/mol. The van der Waals surface area contributed by atoms with Gasteiger partial charge in [-0.05, 0) is 44.0 Å². The fourth-order valence-electron chi connectivity index (χ4n) is 3.76. The Hall–Kier alpha value is -2.81. The normalized spacial score (nSPS) is 14.7. The molecule has 0 spiro atoms. The maximum atomic E-state index is 9.02. The van der Waals surface area contributed by atoms with Gasteiger partial charge in [0, 0.05) is 37.6 Å². The Kier molecular flexibility index (Phi) is 6.60. The van der Waals surface area contributed by atoms with Crippen molar-refractivity contribution < 1.29 is 9.84 Å². The average Bonchev–Trinajstić information content (AvgIpc) is 3.14. The fraction of sp³-hybridized carbons (Fsp3) is 0.435. The van der Waals surface area contributed by atoms with E-state index in [9.17, 15) is 0 Å². The molecule has 1 aliphatic heterocycles. The molecule has 1 aromatic carbocycles. The number of benzene rings is 1. The first-order valence-electron chi connectivity index (χ1n) is 10.7. The van der Waals surface area contributed by atoms with Crippen molar-refractivity contribution in [2.75, 3.05) is 25.0 Å². The number of aryl methyl sites for hydroxylation is 1. The van der Waals surface area contributed by atoms with Gasteiger partial charge in [-0.1, -0.05) is 12.1 Å². The lowest BCUT2D eigenvalue weighted by molar-refractivity contribution is -0.0834. The van der Waals surface area contributed by atoms with Crippen LogP contribution in [-0.4, -0.2) is 61.7 Å². The smallest absolute Gasteiger partial charge is 0.227 e. The van der Waals surface area contributed by atoms with Crippen LogP contribution in [0.5, 0.6) is 0 Å². The van der Waals surface area contributed by atoms with Crippen LogP contribution in [0.3, 0.4) is 0 Å². The molecule has 0 amide bonds. The minimum atomic E-state index is 0.0481. The zero-order valence-electron chi connectivity index (χ0n) is 18.3. The van der Waals surface area contributed by atoms with Gasteiger partial charge in [0.25, 0.3) is 0 Å². The van der Waals surface area contributed by atoms with Gasteiger partial charge in [-0.3, -0.25) is 9.58 Å². The van der Waals surface area contributed by atoms with Gasteiger partial charge >= 0.3 is 0 Å². The number of likely N-dealkylation sites (tertiary alicyclic amines) is 1. The first-order valence-corrected chi connectivity index (χ1v) is 10.7. The Bertz CT molecular complexity index is 1010. The van der Waals surface area contributed by atoms with Gasteiger partial charge in [0.1, 0.15) is 0 Å². The molecular formula is C23H30N6O2. The van der Waals surface area contributed by atoms with Crippen molar-refractivity contribution in [1.29, 1.82) is 0 Å². The molecule has 4 rings (SSSR count). The van der Waals surface area contributed by atoms with Gasteiger partial charge in [-0.2, -0.15) is 5.10 Å². The molecule has 31 heavy (non-hydrogen) atoms. The lowest BCUT2D eigenvalue weighted by Gasteiger charge is -2.40. The maximum Gasteiger partial charge on any atom is 0.227 e. The van der Waals surface area contributed by atoms with Crippen molar-refractivity contribution in [2.24, 2.45) is 0 Å². The quantitative estimate of drug-likeness (QED) is 0.548. The molecule has 1 aliphatic rings. The van der Waals surface area contributed by atoms with Crippen molar-refractivity contribution in [3.63, 3.8) is 0 Å². The highest BCUT2D eigenvalue weighted by molar-refractivity contribution is 5.63. The molecule has 0 aliphatic carbocycles. The Labute approximate surface area is 182 Å². The van der Waals surface area contributed by atoms with Crippen molar-refractivity contribution in [1.82, 2.24) is 24.6 Å². The number of rotatable bonds is 9. The van der Waals surface area contributed by atoms with E-state index in [1.54, 1.807) is 17.1 Å². The van der Waals surface area contributed by atoms with E-state index in [4.69, 9.17) is 9.84 Å². The highest BCUT2D eigenvalue weighted by atomic mass is 16.5. The summed E-state index contributed by atoms with van der Waals surface area (Å²) in [7, 11) is 0. The van der Waals surface area contributed by atoms with Gasteiger partial charge in [0.05, 0.1) is 42.9 Å². The molecule has 0 unspecified atom stereocenters. The third kappa shape index (κ3) is 5.46. The van der Waals surface area contributed by atoms with Crippen LogP contribution in [0.15, 0.2) is 42.9 Å². The SMILES string of the molecule is Cc1cc(-c2ccnc(Nc3cnn(CCO)c3)n2)ccc1CN1CC(OC(C)C)C1. The molecule has 8 heteroatoms. The largest absolute Gasteiger partial charge is 0.394 e. The number of aliphatic hydroxyl groups is 1. The zero-order chi connectivity index (χ0) is 21.8. The van der Waals surface area contributed by atoms with Gasteiger partial charge in [0.15, 0.2) is 0 Å². The molecule has 0 saturated carbocycles. The Morgan fingerprint density at radius 2 is 2.10 bits per heavy atom. The molecule has 2 aromatic heterocycles. The van der Waals surface area contributed by atoms with Crippen molar-refractivity contribution in [3.05, 3.63) is 54.0 Å². The Morgan fingerprint density at radius 3 is 2.84 bits per heavy atom. The molecule has 3 heterocycles. The summed E-state index contributed by atoms with van der Waals surface area (Å²) in [4.78, 5) is 11.4. The molecule has 0 atom stereocenters. The second-order valence-corrected chi connectivity index (χ2v) is 8.25. The first kappa shape index (κ1) is 21.4. The van der Waals surface area contributed by atoms with Crippen molar-refractivity contribution >= 4 is 11.6 Å². The van der Waals surface area contributed by atoms with Crippen LogP contribution in [0.4, 0.5) is 11.6 Å². The molecule has 1 fully saturated rings. The van der Waals surface area contributed by atoms with Crippen LogP contribution in [0.1, 0.15) is 25.0 Å². The van der Waals surface area contributed by atoms with Gasteiger partial charge in [-0.25, -0.2) is 9.97 Å². The lowest BCUT2D eigenvalue weighted by atomic mass is 10.0. The third-order valence-corrected chi connectivity index (χ3v) is 5.29. The van der Waals surface area contributed by atoms with Crippen LogP contribution in [0.25, 0.3) is 11.3 Å². The van der Waals surface area contributed by atoms with E-state index < -0.39 is 0 Å². The summed E-state index contributed by atoms with van der Waals surface area (Å²) in [6.07, 6.45) is 5.91. The molecule has 1 saturated heterocycles. The molecule has 3 aromatic rings. The number of aromatic nitrogens is 4. The van der Waals surface area contributed by atoms with E-state index >= 15 is 0 Å². The van der Waals surface area contributed by atoms with Crippen molar-refractivity contribution in [2.45, 2.75) is 46.1 Å². The van der Waals surface area contributed by atoms with Gasteiger partial charge < -0.3 is 15.2 Å². The number of anilines is 2. The topological polar surface area (TPSA) is 88.3 Å². The number of nitrogens with zero attached hydrogens (tertiary/aromatic N) is 5. The van der Waals surface area contributed by atoms with Crippen LogP contribution in [0, 0.1) is 6.92 Å². The standard InChI is InChI=1S/C23H30N6O2/c1-16(2)31-21-14-28(15-21)12-19-5-4-18(10-17(19)3)22-6-7-24-23(27-22)26-20-11-25-29(13-20)8-9-30/h4-7,10-11,13,16,21,30H,8-9,12,14-15H2,1-3H3,(H,24,26,27). The number of hydrogen-bond donors (Lipinski definition) is 2. The van der Waals surface area contributed by atoms with E-state index in [0.29, 0.717) is 18.6 Å². The molecule has 2 N–H and O–H groups in total. The van der Waals surface area contributed by atoms with Crippen molar-refractivity contribution in [3.8, 4) is 11.3 Å². The summed E-state index contributed by atoms with van der Waals surface area (Å²) in [5.41, 5.74) is 5.29. The Morgan fingerprint density at radius 1 is 1.26 bits per heavy atom. The van der Waals surface area contributed by atoms with Gasteiger partial charge in [-0.15, -0.1) is 0 Å². The van der Waals surface area contributed by atoms with E-state index in [1.165, 1.54) is 11.1 Å². The summed E-state index contributed by atoms with van der Waals surface area (Å²) in [6, 6.07) is 8.41. The third-order valence-electron chi connectivity index (χ3n) is 5.29. The van der Waals surface area contributed by atoms with Crippen LogP contribution in [-0.2, 0) is 17.8 Å². The minimum Gasteiger partial charge on any atom is -0.394 e. The predicted molar refractivity (Wildman–Crippen MR) is 120 cm³/mol. The summed E-state index contributed by atoms with van der Waals surface area (Å²) in [5, 5.41) is 16.4. The highest BCUT2D eigenvalue weighted by Gasteiger charge is 2.28. The average molecular weight is 423 g/mol. The number of hydrogen-bond acceptors (Lipinski definition) is 7.